The Morgan fingerprint density at radius 2 is 2.00 bits per heavy atom. The van der Waals surface area contributed by atoms with Crippen molar-refractivity contribution in [1.82, 2.24) is 15.3 Å². The van der Waals surface area contributed by atoms with Crippen molar-refractivity contribution < 1.29 is 4.39 Å². The second-order valence-electron chi connectivity index (χ2n) is 5.64. The van der Waals surface area contributed by atoms with E-state index in [9.17, 15) is 4.39 Å². The van der Waals surface area contributed by atoms with Gasteiger partial charge in [0.05, 0.1) is 6.20 Å². The van der Waals surface area contributed by atoms with E-state index in [0.29, 0.717) is 5.92 Å². The normalized spacial score (nSPS) is 31.1. The SMILES string of the molecule is Fc1cnc2[nH]cc(C3CC4CNCC4C3)c2c1. The third kappa shape index (κ3) is 1.48. The van der Waals surface area contributed by atoms with Gasteiger partial charge in [-0.05, 0) is 55.3 Å². The zero-order valence-corrected chi connectivity index (χ0v) is 10.1. The van der Waals surface area contributed by atoms with E-state index >= 15 is 0 Å². The van der Waals surface area contributed by atoms with Crippen LogP contribution in [0, 0.1) is 17.7 Å². The number of aromatic amines is 1. The van der Waals surface area contributed by atoms with Crippen LogP contribution in [0.3, 0.4) is 0 Å². The minimum atomic E-state index is -0.247. The second-order valence-corrected chi connectivity index (χ2v) is 5.64. The Bertz CT molecular complexity index is 580. The molecule has 2 fully saturated rings. The highest BCUT2D eigenvalue weighted by Crippen LogP contribution is 2.45. The van der Waals surface area contributed by atoms with Gasteiger partial charge in [0.25, 0.3) is 0 Å². The monoisotopic (exact) mass is 245 g/mol. The third-order valence-electron chi connectivity index (χ3n) is 4.62. The fourth-order valence-corrected chi connectivity index (χ4v) is 3.76. The number of aromatic nitrogens is 2. The van der Waals surface area contributed by atoms with Gasteiger partial charge in [0.2, 0.25) is 0 Å². The summed E-state index contributed by atoms with van der Waals surface area (Å²) >= 11 is 0. The maximum atomic E-state index is 13.3. The highest BCUT2D eigenvalue weighted by molar-refractivity contribution is 5.80. The molecule has 0 radical (unpaired) electrons. The first-order valence-corrected chi connectivity index (χ1v) is 6.64. The molecule has 4 rings (SSSR count). The first kappa shape index (κ1) is 10.5. The van der Waals surface area contributed by atoms with Crippen LogP contribution in [-0.2, 0) is 0 Å². The predicted molar refractivity (Wildman–Crippen MR) is 67.9 cm³/mol. The predicted octanol–water partition coefficient (Wildman–Crippen LogP) is 2.42. The molecule has 1 aliphatic heterocycles. The summed E-state index contributed by atoms with van der Waals surface area (Å²) in [4.78, 5) is 7.27. The van der Waals surface area contributed by atoms with Gasteiger partial charge in [-0.3, -0.25) is 0 Å². The van der Waals surface area contributed by atoms with Crippen LogP contribution >= 0.6 is 0 Å². The average Bonchev–Trinajstić information content (AvgIpc) is 2.99. The first-order chi connectivity index (χ1) is 8.81. The van der Waals surface area contributed by atoms with Crippen LogP contribution in [0.15, 0.2) is 18.5 Å². The fraction of sp³-hybridized carbons (Fsp3) is 0.500. The molecule has 4 heteroatoms. The van der Waals surface area contributed by atoms with E-state index in [1.807, 2.05) is 6.20 Å². The second kappa shape index (κ2) is 3.79. The van der Waals surface area contributed by atoms with Crippen molar-refractivity contribution >= 4 is 11.0 Å². The Morgan fingerprint density at radius 3 is 2.78 bits per heavy atom. The highest BCUT2D eigenvalue weighted by atomic mass is 19.1. The van der Waals surface area contributed by atoms with Gasteiger partial charge < -0.3 is 10.3 Å². The Morgan fingerprint density at radius 1 is 1.22 bits per heavy atom. The van der Waals surface area contributed by atoms with E-state index in [-0.39, 0.29) is 5.82 Å². The number of rotatable bonds is 1. The van der Waals surface area contributed by atoms with Crippen LogP contribution in [0.5, 0.6) is 0 Å². The lowest BCUT2D eigenvalue weighted by atomic mass is 9.96. The van der Waals surface area contributed by atoms with Gasteiger partial charge >= 0.3 is 0 Å². The van der Waals surface area contributed by atoms with Gasteiger partial charge in [-0.1, -0.05) is 0 Å². The summed E-state index contributed by atoms with van der Waals surface area (Å²) in [6, 6.07) is 1.61. The van der Waals surface area contributed by atoms with Crippen molar-refractivity contribution in [3.05, 3.63) is 29.8 Å². The van der Waals surface area contributed by atoms with E-state index in [4.69, 9.17) is 0 Å². The topological polar surface area (TPSA) is 40.7 Å². The van der Waals surface area contributed by atoms with E-state index in [0.717, 1.165) is 36.0 Å². The van der Waals surface area contributed by atoms with Crippen LogP contribution in [0.2, 0.25) is 0 Å². The fourth-order valence-electron chi connectivity index (χ4n) is 3.76. The average molecular weight is 245 g/mol. The maximum Gasteiger partial charge on any atom is 0.142 e. The number of nitrogens with zero attached hydrogens (tertiary/aromatic N) is 1. The summed E-state index contributed by atoms with van der Waals surface area (Å²) in [5.74, 6) is 1.94. The third-order valence-corrected chi connectivity index (χ3v) is 4.62. The number of hydrogen-bond acceptors (Lipinski definition) is 2. The van der Waals surface area contributed by atoms with Gasteiger partial charge in [0, 0.05) is 11.6 Å². The molecule has 2 atom stereocenters. The Labute approximate surface area is 105 Å². The Hall–Kier alpha value is -1.42. The zero-order chi connectivity index (χ0) is 12.1. The summed E-state index contributed by atoms with van der Waals surface area (Å²) in [6.45, 7) is 2.30. The summed E-state index contributed by atoms with van der Waals surface area (Å²) < 4.78 is 13.3. The van der Waals surface area contributed by atoms with Crippen LogP contribution in [0.1, 0.15) is 24.3 Å². The summed E-state index contributed by atoms with van der Waals surface area (Å²) in [7, 11) is 0. The lowest BCUT2D eigenvalue weighted by Crippen LogP contribution is -2.11. The minimum Gasteiger partial charge on any atom is -0.346 e. The van der Waals surface area contributed by atoms with Gasteiger partial charge in [-0.2, -0.15) is 0 Å². The molecule has 2 unspecified atom stereocenters. The van der Waals surface area contributed by atoms with Gasteiger partial charge in [-0.25, -0.2) is 9.37 Å². The summed E-state index contributed by atoms with van der Waals surface area (Å²) in [5.41, 5.74) is 2.06. The van der Waals surface area contributed by atoms with E-state index < -0.39 is 0 Å². The number of halogens is 1. The number of pyridine rings is 1. The smallest absolute Gasteiger partial charge is 0.142 e. The Kier molecular flexibility index (Phi) is 2.21. The lowest BCUT2D eigenvalue weighted by molar-refractivity contribution is 0.494. The van der Waals surface area contributed by atoms with Crippen LogP contribution in [0.4, 0.5) is 4.39 Å². The molecule has 2 aromatic heterocycles. The van der Waals surface area contributed by atoms with Crippen molar-refractivity contribution in [3.63, 3.8) is 0 Å². The molecule has 2 aliphatic rings. The molecule has 2 aromatic rings. The molecule has 0 spiro atoms. The van der Waals surface area contributed by atoms with Crippen molar-refractivity contribution in [2.75, 3.05) is 13.1 Å². The number of hydrogen-bond donors (Lipinski definition) is 2. The van der Waals surface area contributed by atoms with Crippen LogP contribution in [0.25, 0.3) is 11.0 Å². The maximum absolute atomic E-state index is 13.3. The molecule has 0 aromatic carbocycles. The molecule has 1 saturated carbocycles. The molecule has 0 bridgehead atoms. The zero-order valence-electron chi connectivity index (χ0n) is 10.1. The van der Waals surface area contributed by atoms with E-state index in [1.54, 1.807) is 6.07 Å². The van der Waals surface area contributed by atoms with E-state index in [2.05, 4.69) is 15.3 Å². The van der Waals surface area contributed by atoms with E-state index in [1.165, 1.54) is 24.6 Å². The molecule has 1 aliphatic carbocycles. The molecule has 0 amide bonds. The van der Waals surface area contributed by atoms with Crippen molar-refractivity contribution in [1.29, 1.82) is 0 Å². The van der Waals surface area contributed by atoms with Gasteiger partial charge in [-0.15, -0.1) is 0 Å². The number of H-pyrrole nitrogens is 1. The molecular formula is C14H16FN3. The number of nitrogens with one attached hydrogen (secondary N) is 2. The highest BCUT2D eigenvalue weighted by Gasteiger charge is 2.38. The number of fused-ring (bicyclic) bond motifs is 2. The minimum absolute atomic E-state index is 0.247. The molecule has 1 saturated heterocycles. The summed E-state index contributed by atoms with van der Waals surface area (Å²) in [5, 5.41) is 4.42. The largest absolute Gasteiger partial charge is 0.346 e. The molecule has 18 heavy (non-hydrogen) atoms. The van der Waals surface area contributed by atoms with Crippen molar-refractivity contribution in [3.8, 4) is 0 Å². The van der Waals surface area contributed by atoms with Gasteiger partial charge in [0.15, 0.2) is 0 Å². The summed E-state index contributed by atoms with van der Waals surface area (Å²) in [6.07, 6.45) is 5.74. The lowest BCUT2D eigenvalue weighted by Gasteiger charge is -2.10. The molecule has 94 valence electrons. The van der Waals surface area contributed by atoms with Gasteiger partial charge in [0.1, 0.15) is 11.5 Å². The first-order valence-electron chi connectivity index (χ1n) is 6.64. The molecular weight excluding hydrogens is 229 g/mol. The molecule has 3 nitrogen and oxygen atoms in total. The van der Waals surface area contributed by atoms with Crippen molar-refractivity contribution in [2.45, 2.75) is 18.8 Å². The quantitative estimate of drug-likeness (QED) is 0.810. The Balaban J connectivity index is 1.72. The van der Waals surface area contributed by atoms with Crippen LogP contribution < -0.4 is 5.32 Å². The standard InChI is InChI=1S/C14H16FN3/c15-11-3-12-13(7-18-14(12)17-6-11)8-1-9-4-16-5-10(9)2-8/h3,6-10,16H,1-2,4-5H2,(H,17,18). The van der Waals surface area contributed by atoms with Crippen LogP contribution in [-0.4, -0.2) is 23.1 Å². The molecule has 3 heterocycles. The van der Waals surface area contributed by atoms with Crippen molar-refractivity contribution in [2.24, 2.45) is 11.8 Å². The molecule has 2 N–H and O–H groups in total.